The third kappa shape index (κ3) is 3.72. The van der Waals surface area contributed by atoms with Crippen LogP contribution < -0.4 is 10.6 Å². The van der Waals surface area contributed by atoms with Crippen molar-refractivity contribution in [1.29, 1.82) is 5.26 Å². The molecule has 0 saturated carbocycles. The smallest absolute Gasteiger partial charge is 0.322 e. The fourth-order valence-electron chi connectivity index (χ4n) is 3.29. The molecule has 2 heterocycles. The largest absolute Gasteiger partial charge is 0.322 e. The molecular formula is C18H20N4O4S. The van der Waals surface area contributed by atoms with Gasteiger partial charge in [0.1, 0.15) is 5.54 Å². The number of sulfonamides is 1. The normalized spacial score (nSPS) is 23.4. The number of nitriles is 1. The lowest BCUT2D eigenvalue weighted by Crippen LogP contribution is -2.52. The maximum Gasteiger partial charge on any atom is 0.322 e. The predicted molar refractivity (Wildman–Crippen MR) is 98.9 cm³/mol. The average molecular weight is 388 g/mol. The van der Waals surface area contributed by atoms with Crippen LogP contribution >= 0.6 is 0 Å². The number of nitrogens with zero attached hydrogens (tertiary/aromatic N) is 2. The standard InChI is InChI=1S/C18H20N4O4S/c1-12-9-14(3-4-15(12)10-19)13-5-7-22(8-6-13)27(25,26)11-18(2)16(23)20-17(24)21-18/h3-5,9H,6-8,11H2,1-2H3,(H2,20,21,23,24)/t18-/m1/s1. The highest BCUT2D eigenvalue weighted by Gasteiger charge is 2.46. The first-order valence-electron chi connectivity index (χ1n) is 8.46. The summed E-state index contributed by atoms with van der Waals surface area (Å²) in [5.41, 5.74) is 2.01. The van der Waals surface area contributed by atoms with Gasteiger partial charge in [-0.3, -0.25) is 10.1 Å². The number of benzene rings is 1. The minimum absolute atomic E-state index is 0.197. The highest BCUT2D eigenvalue weighted by atomic mass is 32.2. The van der Waals surface area contributed by atoms with E-state index in [-0.39, 0.29) is 6.54 Å². The second kappa shape index (κ2) is 6.79. The molecular weight excluding hydrogens is 368 g/mol. The third-order valence-electron chi connectivity index (χ3n) is 4.87. The maximum absolute atomic E-state index is 12.7. The van der Waals surface area contributed by atoms with Crippen LogP contribution in [0, 0.1) is 18.3 Å². The van der Waals surface area contributed by atoms with E-state index >= 15 is 0 Å². The summed E-state index contributed by atoms with van der Waals surface area (Å²) in [7, 11) is -3.74. The van der Waals surface area contributed by atoms with Gasteiger partial charge in [0, 0.05) is 13.1 Å². The van der Waals surface area contributed by atoms with Crippen molar-refractivity contribution in [2.24, 2.45) is 0 Å². The van der Waals surface area contributed by atoms with Crippen molar-refractivity contribution in [1.82, 2.24) is 14.9 Å². The predicted octanol–water partition coefficient (Wildman–Crippen LogP) is 0.884. The van der Waals surface area contributed by atoms with Crippen LogP contribution in [0.2, 0.25) is 0 Å². The second-order valence-corrected chi connectivity index (χ2v) is 8.94. The molecule has 8 nitrogen and oxygen atoms in total. The van der Waals surface area contributed by atoms with E-state index in [9.17, 15) is 18.0 Å². The molecule has 1 aromatic carbocycles. The fraction of sp³-hybridized carbons (Fsp3) is 0.389. The maximum atomic E-state index is 12.7. The zero-order valence-corrected chi connectivity index (χ0v) is 15.9. The van der Waals surface area contributed by atoms with Gasteiger partial charge in [-0.2, -0.15) is 9.57 Å². The summed E-state index contributed by atoms with van der Waals surface area (Å²) in [6.07, 6.45) is 2.37. The third-order valence-corrected chi connectivity index (χ3v) is 6.93. The van der Waals surface area contributed by atoms with Crippen molar-refractivity contribution in [3.63, 3.8) is 0 Å². The monoisotopic (exact) mass is 388 g/mol. The Morgan fingerprint density at radius 1 is 1.33 bits per heavy atom. The van der Waals surface area contributed by atoms with Crippen molar-refractivity contribution in [2.75, 3.05) is 18.8 Å². The molecule has 0 aromatic heterocycles. The number of hydrogen-bond donors (Lipinski definition) is 2. The van der Waals surface area contributed by atoms with Crippen LogP contribution in [0.1, 0.15) is 30.0 Å². The number of urea groups is 1. The van der Waals surface area contributed by atoms with Crippen molar-refractivity contribution >= 4 is 27.5 Å². The molecule has 1 aromatic rings. The molecule has 0 spiro atoms. The summed E-state index contributed by atoms with van der Waals surface area (Å²) in [6.45, 7) is 3.75. The van der Waals surface area contributed by atoms with Crippen molar-refractivity contribution in [3.8, 4) is 6.07 Å². The quantitative estimate of drug-likeness (QED) is 0.742. The Bertz CT molecular complexity index is 993. The van der Waals surface area contributed by atoms with E-state index in [1.807, 2.05) is 25.1 Å². The highest BCUT2D eigenvalue weighted by Crippen LogP contribution is 2.26. The van der Waals surface area contributed by atoms with Crippen LogP contribution in [0.5, 0.6) is 0 Å². The minimum Gasteiger partial charge on any atom is -0.322 e. The molecule has 1 fully saturated rings. The Balaban J connectivity index is 1.74. The van der Waals surface area contributed by atoms with E-state index < -0.39 is 33.3 Å². The number of carbonyl (C=O) groups excluding carboxylic acids is 2. The summed E-state index contributed by atoms with van der Waals surface area (Å²) in [5.74, 6) is -1.13. The second-order valence-electron chi connectivity index (χ2n) is 6.98. The SMILES string of the molecule is Cc1cc(C2=CCN(S(=O)(=O)C[C@@]3(C)NC(=O)NC3=O)CC2)ccc1C#N. The summed E-state index contributed by atoms with van der Waals surface area (Å²) in [4.78, 5) is 23.2. The molecule has 9 heteroatoms. The topological polar surface area (TPSA) is 119 Å². The first-order valence-corrected chi connectivity index (χ1v) is 10.1. The number of hydrogen-bond acceptors (Lipinski definition) is 5. The molecule has 0 bridgehead atoms. The van der Waals surface area contributed by atoms with E-state index in [1.165, 1.54) is 11.2 Å². The van der Waals surface area contributed by atoms with Crippen molar-refractivity contribution < 1.29 is 18.0 Å². The highest BCUT2D eigenvalue weighted by molar-refractivity contribution is 7.89. The Morgan fingerprint density at radius 3 is 2.59 bits per heavy atom. The fourth-order valence-corrected chi connectivity index (χ4v) is 5.08. The Morgan fingerprint density at radius 2 is 2.07 bits per heavy atom. The average Bonchev–Trinajstić information content (AvgIpc) is 2.85. The number of carbonyl (C=O) groups is 2. The molecule has 0 radical (unpaired) electrons. The number of aryl methyl sites for hydroxylation is 1. The number of nitrogens with one attached hydrogen (secondary N) is 2. The molecule has 2 aliphatic rings. The number of imide groups is 1. The van der Waals surface area contributed by atoms with E-state index in [4.69, 9.17) is 5.26 Å². The lowest BCUT2D eigenvalue weighted by molar-refractivity contribution is -0.122. The molecule has 3 rings (SSSR count). The molecule has 2 N–H and O–H groups in total. The molecule has 0 unspecified atom stereocenters. The zero-order chi connectivity index (χ0) is 19.8. The van der Waals surface area contributed by atoms with Gasteiger partial charge in [-0.05, 0) is 43.0 Å². The molecule has 1 atom stereocenters. The van der Waals surface area contributed by atoms with Crippen molar-refractivity contribution in [2.45, 2.75) is 25.8 Å². The minimum atomic E-state index is -3.74. The van der Waals surface area contributed by atoms with Gasteiger partial charge in [0.25, 0.3) is 5.91 Å². The van der Waals surface area contributed by atoms with Gasteiger partial charge in [0.05, 0.1) is 17.4 Å². The zero-order valence-electron chi connectivity index (χ0n) is 15.1. The molecule has 0 aliphatic carbocycles. The van der Waals surface area contributed by atoms with Crippen LogP contribution in [0.15, 0.2) is 24.3 Å². The van der Waals surface area contributed by atoms with Crippen LogP contribution in [-0.4, -0.2) is 49.0 Å². The Labute approximate surface area is 157 Å². The molecule has 1 saturated heterocycles. The van der Waals surface area contributed by atoms with Crippen LogP contribution in [-0.2, 0) is 14.8 Å². The van der Waals surface area contributed by atoms with E-state index in [0.717, 1.165) is 16.7 Å². The number of rotatable bonds is 4. The number of amides is 3. The van der Waals surface area contributed by atoms with Crippen molar-refractivity contribution in [3.05, 3.63) is 41.0 Å². The molecule has 3 amide bonds. The van der Waals surface area contributed by atoms with Gasteiger partial charge < -0.3 is 5.32 Å². The Hall–Kier alpha value is -2.70. The lowest BCUT2D eigenvalue weighted by Gasteiger charge is -2.29. The Kier molecular flexibility index (Phi) is 4.80. The van der Waals surface area contributed by atoms with Crippen LogP contribution in [0.25, 0.3) is 5.57 Å². The van der Waals surface area contributed by atoms with E-state index in [0.29, 0.717) is 18.5 Å². The summed E-state index contributed by atoms with van der Waals surface area (Å²) in [5, 5.41) is 13.5. The summed E-state index contributed by atoms with van der Waals surface area (Å²) >= 11 is 0. The van der Waals surface area contributed by atoms with Gasteiger partial charge >= 0.3 is 6.03 Å². The first kappa shape index (κ1) is 19.1. The van der Waals surface area contributed by atoms with Gasteiger partial charge in [0.2, 0.25) is 10.0 Å². The van der Waals surface area contributed by atoms with Gasteiger partial charge in [0.15, 0.2) is 0 Å². The van der Waals surface area contributed by atoms with Crippen LogP contribution in [0.4, 0.5) is 4.79 Å². The summed E-state index contributed by atoms with van der Waals surface area (Å²) < 4.78 is 26.7. The van der Waals surface area contributed by atoms with E-state index in [2.05, 4.69) is 16.7 Å². The van der Waals surface area contributed by atoms with Gasteiger partial charge in [-0.25, -0.2) is 13.2 Å². The van der Waals surface area contributed by atoms with Gasteiger partial charge in [-0.1, -0.05) is 18.2 Å². The molecule has 142 valence electrons. The molecule has 2 aliphatic heterocycles. The van der Waals surface area contributed by atoms with E-state index in [1.54, 1.807) is 6.07 Å². The lowest BCUT2D eigenvalue weighted by atomic mass is 9.97. The first-order chi connectivity index (χ1) is 12.6. The molecule has 27 heavy (non-hydrogen) atoms. The van der Waals surface area contributed by atoms with Crippen LogP contribution in [0.3, 0.4) is 0 Å². The summed E-state index contributed by atoms with van der Waals surface area (Å²) in [6, 6.07) is 6.99. The van der Waals surface area contributed by atoms with Gasteiger partial charge in [-0.15, -0.1) is 0 Å².